The molecule has 0 amide bonds. The van der Waals surface area contributed by atoms with Crippen LogP contribution in [0.15, 0.2) is 33.9 Å². The third-order valence-electron chi connectivity index (χ3n) is 4.13. The topological polar surface area (TPSA) is 75.3 Å². The number of hydrogen-bond acceptors (Lipinski definition) is 5. The number of hydrogen-bond donors (Lipinski definition) is 2. The summed E-state index contributed by atoms with van der Waals surface area (Å²) >= 11 is 0. The zero-order valence-electron chi connectivity index (χ0n) is 14.1. The first-order chi connectivity index (χ1) is 10.6. The van der Waals surface area contributed by atoms with Crippen molar-refractivity contribution in [1.82, 2.24) is 0 Å². The Morgan fingerprint density at radius 3 is 2.00 bits per heavy atom. The molecule has 0 heterocycles. The lowest BCUT2D eigenvalue weighted by atomic mass is 9.87. The number of rotatable bonds is 5. The Bertz CT molecular complexity index is 791. The normalized spacial score (nSPS) is 12.9. The van der Waals surface area contributed by atoms with Crippen LogP contribution in [0, 0.1) is 5.41 Å². The highest BCUT2D eigenvalue weighted by Gasteiger charge is 2.26. The van der Waals surface area contributed by atoms with E-state index in [-0.39, 0.29) is 22.9 Å². The molecule has 2 rings (SSSR count). The lowest BCUT2D eigenvalue weighted by Gasteiger charge is -2.30. The summed E-state index contributed by atoms with van der Waals surface area (Å²) in [5, 5.41) is 6.10. The Morgan fingerprint density at radius 1 is 1.00 bits per heavy atom. The fourth-order valence-electron chi connectivity index (χ4n) is 2.01. The second-order valence-corrected chi connectivity index (χ2v) is 6.90. The fourth-order valence-corrected chi connectivity index (χ4v) is 2.01. The molecular weight excluding hydrogens is 292 g/mol. The lowest BCUT2D eigenvalue weighted by molar-refractivity contribution is 0.101. The third-order valence-corrected chi connectivity index (χ3v) is 4.13. The monoisotopic (exact) mass is 314 g/mol. The predicted molar refractivity (Wildman–Crippen MR) is 93.6 cm³/mol. The first-order valence-corrected chi connectivity index (χ1v) is 7.59. The van der Waals surface area contributed by atoms with E-state index in [2.05, 4.69) is 31.4 Å². The van der Waals surface area contributed by atoms with E-state index in [1.54, 1.807) is 24.3 Å². The van der Waals surface area contributed by atoms with Crippen molar-refractivity contribution >= 4 is 22.8 Å². The smallest absolute Gasteiger partial charge is 0.253 e. The summed E-state index contributed by atoms with van der Waals surface area (Å²) in [6.45, 7) is 9.65. The van der Waals surface area contributed by atoms with Gasteiger partial charge in [-0.05, 0) is 43.5 Å². The molecule has 0 unspecified atom stereocenters. The van der Waals surface area contributed by atoms with Crippen LogP contribution in [0.3, 0.4) is 0 Å². The number of carbonyl (C=O) groups excluding carboxylic acids is 1. The van der Waals surface area contributed by atoms with E-state index >= 15 is 0 Å². The summed E-state index contributed by atoms with van der Waals surface area (Å²) in [6.07, 6.45) is 0. The van der Waals surface area contributed by atoms with Crippen molar-refractivity contribution in [2.75, 3.05) is 10.6 Å². The van der Waals surface area contributed by atoms with Crippen LogP contribution in [0.2, 0.25) is 0 Å². The number of carbonyl (C=O) groups is 1. The van der Waals surface area contributed by atoms with Gasteiger partial charge >= 0.3 is 0 Å². The van der Waals surface area contributed by atoms with E-state index in [4.69, 9.17) is 0 Å². The SMILES string of the molecule is CC(=O)c1ccc(Nc2c(N[C@H](C)C(C)(C)C)c(=O)c2=O)cc1. The molecule has 0 aliphatic heterocycles. The Kier molecular flexibility index (Phi) is 4.41. The standard InChI is InChI=1S/C18H22N2O3/c1-10(21)12-6-8-13(9-7-12)20-15-14(16(22)17(15)23)19-11(2)18(3,4)5/h6-9,11,19-20H,1-5H3/t11-/m1/s1. The van der Waals surface area contributed by atoms with Crippen LogP contribution < -0.4 is 21.5 Å². The van der Waals surface area contributed by atoms with E-state index in [1.165, 1.54) is 6.92 Å². The number of anilines is 3. The molecular formula is C18H22N2O3. The molecule has 23 heavy (non-hydrogen) atoms. The summed E-state index contributed by atoms with van der Waals surface area (Å²) in [4.78, 5) is 34.9. The van der Waals surface area contributed by atoms with Crippen LogP contribution in [0.5, 0.6) is 0 Å². The second kappa shape index (κ2) is 5.99. The first kappa shape index (κ1) is 16.9. The average molecular weight is 314 g/mol. The maximum atomic E-state index is 11.8. The van der Waals surface area contributed by atoms with E-state index in [0.29, 0.717) is 16.9 Å². The van der Waals surface area contributed by atoms with Gasteiger partial charge in [-0.25, -0.2) is 0 Å². The third kappa shape index (κ3) is 3.50. The van der Waals surface area contributed by atoms with E-state index in [1.807, 2.05) is 6.92 Å². The largest absolute Gasteiger partial charge is 0.377 e. The molecule has 1 atom stereocenters. The molecule has 0 fully saturated rings. The predicted octanol–water partition coefficient (Wildman–Crippen LogP) is 3.08. The second-order valence-electron chi connectivity index (χ2n) is 6.90. The molecule has 2 aromatic carbocycles. The average Bonchev–Trinajstić information content (AvgIpc) is 2.49. The van der Waals surface area contributed by atoms with Crippen LogP contribution in [-0.4, -0.2) is 11.8 Å². The van der Waals surface area contributed by atoms with Gasteiger partial charge in [0.25, 0.3) is 10.9 Å². The first-order valence-electron chi connectivity index (χ1n) is 7.59. The summed E-state index contributed by atoms with van der Waals surface area (Å²) < 4.78 is 0. The Morgan fingerprint density at radius 2 is 1.52 bits per heavy atom. The van der Waals surface area contributed by atoms with Gasteiger partial charge in [-0.2, -0.15) is 0 Å². The van der Waals surface area contributed by atoms with Gasteiger partial charge in [0, 0.05) is 17.3 Å². The van der Waals surface area contributed by atoms with Gasteiger partial charge in [0.1, 0.15) is 11.4 Å². The fraction of sp³-hybridized carbons (Fsp3) is 0.389. The van der Waals surface area contributed by atoms with Crippen LogP contribution in [0.25, 0.3) is 0 Å². The van der Waals surface area contributed by atoms with Crippen molar-refractivity contribution < 1.29 is 4.79 Å². The zero-order valence-corrected chi connectivity index (χ0v) is 14.1. The van der Waals surface area contributed by atoms with Gasteiger partial charge in [-0.3, -0.25) is 14.4 Å². The van der Waals surface area contributed by atoms with Gasteiger partial charge < -0.3 is 10.6 Å². The molecule has 5 nitrogen and oxygen atoms in total. The van der Waals surface area contributed by atoms with Crippen LogP contribution in [-0.2, 0) is 0 Å². The van der Waals surface area contributed by atoms with Gasteiger partial charge in [-0.1, -0.05) is 20.8 Å². The van der Waals surface area contributed by atoms with E-state index in [0.717, 1.165) is 0 Å². The maximum Gasteiger partial charge on any atom is 0.253 e. The van der Waals surface area contributed by atoms with E-state index in [9.17, 15) is 14.4 Å². The molecule has 122 valence electrons. The Hall–Kier alpha value is -2.43. The van der Waals surface area contributed by atoms with Crippen molar-refractivity contribution in [3.8, 4) is 0 Å². The van der Waals surface area contributed by atoms with Gasteiger partial charge in [-0.15, -0.1) is 0 Å². The van der Waals surface area contributed by atoms with Crippen molar-refractivity contribution in [2.24, 2.45) is 5.41 Å². The molecule has 0 aliphatic carbocycles. The number of nitrogens with one attached hydrogen (secondary N) is 2. The minimum absolute atomic E-state index is 0.0213. The highest BCUT2D eigenvalue weighted by molar-refractivity contribution is 5.94. The molecule has 0 saturated carbocycles. The quantitative estimate of drug-likeness (QED) is 0.655. The summed E-state index contributed by atoms with van der Waals surface area (Å²) in [5.41, 5.74) is 0.803. The minimum Gasteiger partial charge on any atom is -0.377 e. The minimum atomic E-state index is -0.524. The van der Waals surface area contributed by atoms with Crippen molar-refractivity contribution in [3.05, 3.63) is 50.3 Å². The van der Waals surface area contributed by atoms with Crippen molar-refractivity contribution in [1.29, 1.82) is 0 Å². The number of Topliss-reactive ketones (excluding diaryl/α,β-unsaturated/α-hetero) is 1. The summed E-state index contributed by atoms with van der Waals surface area (Å²) in [7, 11) is 0. The molecule has 0 spiro atoms. The van der Waals surface area contributed by atoms with Crippen LogP contribution in [0.1, 0.15) is 45.0 Å². The van der Waals surface area contributed by atoms with Crippen molar-refractivity contribution in [2.45, 2.75) is 40.7 Å². The molecule has 0 aromatic heterocycles. The highest BCUT2D eigenvalue weighted by Crippen LogP contribution is 2.26. The summed E-state index contributed by atoms with van der Waals surface area (Å²) in [5.74, 6) is -0.0213. The molecule has 0 saturated heterocycles. The van der Waals surface area contributed by atoms with E-state index < -0.39 is 10.9 Å². The van der Waals surface area contributed by atoms with Gasteiger partial charge in [0.2, 0.25) is 0 Å². The molecule has 2 aromatic rings. The Labute approximate surface area is 135 Å². The zero-order chi connectivity index (χ0) is 17.4. The van der Waals surface area contributed by atoms with Crippen molar-refractivity contribution in [3.63, 3.8) is 0 Å². The number of benzene rings is 1. The summed E-state index contributed by atoms with van der Waals surface area (Å²) in [6, 6.07) is 6.82. The lowest BCUT2D eigenvalue weighted by Crippen LogP contribution is -2.41. The molecule has 0 radical (unpaired) electrons. The van der Waals surface area contributed by atoms with Crippen LogP contribution >= 0.6 is 0 Å². The maximum absolute atomic E-state index is 11.8. The van der Waals surface area contributed by atoms with Gasteiger partial charge in [0.05, 0.1) is 0 Å². The molecule has 2 N–H and O–H groups in total. The van der Waals surface area contributed by atoms with Crippen LogP contribution in [0.4, 0.5) is 17.1 Å². The Balaban J connectivity index is 2.21. The molecule has 5 heteroatoms. The molecule has 0 aliphatic rings. The highest BCUT2D eigenvalue weighted by atomic mass is 16.2. The van der Waals surface area contributed by atoms with Gasteiger partial charge in [0.15, 0.2) is 5.78 Å². The number of ketones is 1. The molecule has 0 bridgehead atoms.